The third-order valence-electron chi connectivity index (χ3n) is 3.04. The first-order valence-corrected chi connectivity index (χ1v) is 6.14. The lowest BCUT2D eigenvalue weighted by Gasteiger charge is -2.43. The normalized spacial score (nSPS) is 22.8. The average Bonchev–Trinajstić information content (AvgIpc) is 2.26. The van der Waals surface area contributed by atoms with Crippen molar-refractivity contribution < 1.29 is 14.6 Å². The highest BCUT2D eigenvalue weighted by Gasteiger charge is 2.32. The summed E-state index contributed by atoms with van der Waals surface area (Å²) in [6, 6.07) is 7.12. The summed E-state index contributed by atoms with van der Waals surface area (Å²) in [7, 11) is 0. The SMILES string of the molecule is CC1CN(c2ccccc2C(=O)O)CC(C)(C)O1. The highest BCUT2D eigenvalue weighted by Crippen LogP contribution is 2.28. The van der Waals surface area contributed by atoms with Crippen molar-refractivity contribution in [1.29, 1.82) is 0 Å². The van der Waals surface area contributed by atoms with Crippen molar-refractivity contribution in [3.8, 4) is 0 Å². The monoisotopic (exact) mass is 249 g/mol. The molecule has 4 heteroatoms. The van der Waals surface area contributed by atoms with E-state index in [4.69, 9.17) is 4.74 Å². The van der Waals surface area contributed by atoms with E-state index in [0.29, 0.717) is 18.7 Å². The third kappa shape index (κ3) is 2.64. The molecule has 0 spiro atoms. The standard InChI is InChI=1S/C14H19NO3/c1-10-8-15(9-14(2,3)18-10)12-7-5-4-6-11(12)13(16)17/h4-7,10H,8-9H2,1-3H3,(H,16,17). The number of carboxylic acids is 1. The lowest BCUT2D eigenvalue weighted by Crippen LogP contribution is -2.52. The number of hydrogen-bond acceptors (Lipinski definition) is 3. The van der Waals surface area contributed by atoms with Crippen LogP contribution in [0.2, 0.25) is 0 Å². The highest BCUT2D eigenvalue weighted by molar-refractivity contribution is 5.94. The molecule has 18 heavy (non-hydrogen) atoms. The van der Waals surface area contributed by atoms with Crippen LogP contribution in [0.1, 0.15) is 31.1 Å². The van der Waals surface area contributed by atoms with Gasteiger partial charge in [-0.3, -0.25) is 0 Å². The average molecular weight is 249 g/mol. The van der Waals surface area contributed by atoms with Crippen molar-refractivity contribution in [2.24, 2.45) is 0 Å². The van der Waals surface area contributed by atoms with E-state index < -0.39 is 5.97 Å². The summed E-state index contributed by atoms with van der Waals surface area (Å²) < 4.78 is 5.84. The number of anilines is 1. The zero-order valence-electron chi connectivity index (χ0n) is 11.0. The fourth-order valence-corrected chi connectivity index (χ4v) is 2.57. The second kappa shape index (κ2) is 4.61. The topological polar surface area (TPSA) is 49.8 Å². The predicted molar refractivity (Wildman–Crippen MR) is 70.2 cm³/mol. The van der Waals surface area contributed by atoms with Crippen molar-refractivity contribution in [3.05, 3.63) is 29.8 Å². The largest absolute Gasteiger partial charge is 0.478 e. The maximum Gasteiger partial charge on any atom is 0.337 e. The zero-order valence-corrected chi connectivity index (χ0v) is 11.0. The Labute approximate surface area is 107 Å². The molecule has 0 aromatic heterocycles. The van der Waals surface area contributed by atoms with Crippen LogP contribution in [0, 0.1) is 0 Å². The van der Waals surface area contributed by atoms with Crippen LogP contribution < -0.4 is 4.90 Å². The fraction of sp³-hybridized carbons (Fsp3) is 0.500. The van der Waals surface area contributed by atoms with Crippen molar-refractivity contribution in [2.75, 3.05) is 18.0 Å². The smallest absolute Gasteiger partial charge is 0.337 e. The molecule has 1 aliphatic rings. The van der Waals surface area contributed by atoms with Crippen molar-refractivity contribution >= 4 is 11.7 Å². The number of para-hydroxylation sites is 1. The van der Waals surface area contributed by atoms with E-state index in [0.717, 1.165) is 5.69 Å². The molecule has 1 atom stereocenters. The van der Waals surface area contributed by atoms with Gasteiger partial charge in [-0.15, -0.1) is 0 Å². The molecule has 1 N–H and O–H groups in total. The molecule has 98 valence electrons. The minimum Gasteiger partial charge on any atom is -0.478 e. The number of morpholine rings is 1. The van der Waals surface area contributed by atoms with E-state index in [1.54, 1.807) is 12.1 Å². The van der Waals surface area contributed by atoms with Gasteiger partial charge in [-0.05, 0) is 32.9 Å². The lowest BCUT2D eigenvalue weighted by atomic mass is 10.0. The summed E-state index contributed by atoms with van der Waals surface area (Å²) in [6.07, 6.45) is 0.0931. The molecular formula is C14H19NO3. The van der Waals surface area contributed by atoms with Crippen LogP contribution in [0.15, 0.2) is 24.3 Å². The summed E-state index contributed by atoms with van der Waals surface area (Å²) in [5.41, 5.74) is 0.860. The molecule has 1 heterocycles. The minimum absolute atomic E-state index is 0.0931. The zero-order chi connectivity index (χ0) is 13.3. The molecule has 0 radical (unpaired) electrons. The van der Waals surface area contributed by atoms with Crippen LogP contribution in [-0.4, -0.2) is 35.9 Å². The number of hydrogen-bond donors (Lipinski definition) is 1. The number of carboxylic acid groups (broad SMARTS) is 1. The molecule has 1 aliphatic heterocycles. The second-order valence-electron chi connectivity index (χ2n) is 5.39. The molecule has 1 aromatic rings. The molecule has 0 bridgehead atoms. The van der Waals surface area contributed by atoms with E-state index in [1.165, 1.54) is 0 Å². The van der Waals surface area contributed by atoms with E-state index in [9.17, 15) is 9.90 Å². The number of nitrogens with zero attached hydrogens (tertiary/aromatic N) is 1. The van der Waals surface area contributed by atoms with Gasteiger partial charge in [0.1, 0.15) is 0 Å². The van der Waals surface area contributed by atoms with Crippen LogP contribution in [0.3, 0.4) is 0 Å². The molecule has 4 nitrogen and oxygen atoms in total. The van der Waals surface area contributed by atoms with Gasteiger partial charge in [0, 0.05) is 13.1 Å². The van der Waals surface area contributed by atoms with Crippen molar-refractivity contribution in [3.63, 3.8) is 0 Å². The minimum atomic E-state index is -0.887. The predicted octanol–water partition coefficient (Wildman–Crippen LogP) is 2.39. The van der Waals surface area contributed by atoms with E-state index in [1.807, 2.05) is 32.9 Å². The van der Waals surface area contributed by atoms with Gasteiger partial charge in [0.25, 0.3) is 0 Å². The Kier molecular flexibility index (Phi) is 3.30. The van der Waals surface area contributed by atoms with Crippen LogP contribution in [0.25, 0.3) is 0 Å². The molecule has 0 saturated carbocycles. The number of rotatable bonds is 2. The molecule has 1 saturated heterocycles. The van der Waals surface area contributed by atoms with Gasteiger partial charge >= 0.3 is 5.97 Å². The third-order valence-corrected chi connectivity index (χ3v) is 3.04. The molecular weight excluding hydrogens is 230 g/mol. The van der Waals surface area contributed by atoms with Crippen LogP contribution >= 0.6 is 0 Å². The first kappa shape index (κ1) is 12.9. The number of benzene rings is 1. The highest BCUT2D eigenvalue weighted by atomic mass is 16.5. The van der Waals surface area contributed by atoms with Gasteiger partial charge in [0.05, 0.1) is 23.0 Å². The summed E-state index contributed by atoms with van der Waals surface area (Å²) in [5, 5.41) is 9.23. The van der Waals surface area contributed by atoms with E-state index in [-0.39, 0.29) is 11.7 Å². The number of ether oxygens (including phenoxy) is 1. The van der Waals surface area contributed by atoms with Gasteiger partial charge in [-0.2, -0.15) is 0 Å². The molecule has 0 amide bonds. The molecule has 1 unspecified atom stereocenters. The first-order valence-electron chi connectivity index (χ1n) is 6.14. The molecule has 2 rings (SSSR count). The van der Waals surface area contributed by atoms with Gasteiger partial charge < -0.3 is 14.7 Å². The first-order chi connectivity index (χ1) is 8.39. The number of carbonyl (C=O) groups is 1. The molecule has 1 aromatic carbocycles. The fourth-order valence-electron chi connectivity index (χ4n) is 2.57. The summed E-state index contributed by atoms with van der Waals surface area (Å²) in [6.45, 7) is 7.48. The maximum atomic E-state index is 11.2. The quantitative estimate of drug-likeness (QED) is 0.874. The van der Waals surface area contributed by atoms with Gasteiger partial charge in [0.2, 0.25) is 0 Å². The summed E-state index contributed by atoms with van der Waals surface area (Å²) >= 11 is 0. The Morgan fingerprint density at radius 1 is 1.44 bits per heavy atom. The lowest BCUT2D eigenvalue weighted by molar-refractivity contribution is -0.0750. The summed E-state index contributed by atoms with van der Waals surface area (Å²) in [5.74, 6) is -0.887. The van der Waals surface area contributed by atoms with Crippen LogP contribution in [0.5, 0.6) is 0 Å². The Hall–Kier alpha value is -1.55. The van der Waals surface area contributed by atoms with Crippen molar-refractivity contribution in [1.82, 2.24) is 0 Å². The Bertz CT molecular complexity index is 456. The van der Waals surface area contributed by atoms with Gasteiger partial charge in [-0.25, -0.2) is 4.79 Å². The van der Waals surface area contributed by atoms with Crippen LogP contribution in [0.4, 0.5) is 5.69 Å². The van der Waals surface area contributed by atoms with E-state index in [2.05, 4.69) is 4.90 Å². The Morgan fingerprint density at radius 3 is 2.72 bits per heavy atom. The van der Waals surface area contributed by atoms with Crippen molar-refractivity contribution in [2.45, 2.75) is 32.5 Å². The Morgan fingerprint density at radius 2 is 2.11 bits per heavy atom. The molecule has 1 fully saturated rings. The van der Waals surface area contributed by atoms with Crippen LogP contribution in [-0.2, 0) is 4.74 Å². The maximum absolute atomic E-state index is 11.2. The number of aromatic carboxylic acids is 1. The summed E-state index contributed by atoms with van der Waals surface area (Å²) in [4.78, 5) is 13.3. The van der Waals surface area contributed by atoms with E-state index >= 15 is 0 Å². The second-order valence-corrected chi connectivity index (χ2v) is 5.39. The van der Waals surface area contributed by atoms with Gasteiger partial charge in [-0.1, -0.05) is 12.1 Å². The van der Waals surface area contributed by atoms with Gasteiger partial charge in [0.15, 0.2) is 0 Å². The molecule has 0 aliphatic carbocycles. The Balaban J connectivity index is 2.34.